The predicted octanol–water partition coefficient (Wildman–Crippen LogP) is 3.96. The lowest BCUT2D eigenvalue weighted by atomic mass is 10.2. The summed E-state index contributed by atoms with van der Waals surface area (Å²) >= 11 is 0. The van der Waals surface area contributed by atoms with Crippen molar-refractivity contribution in [2.24, 2.45) is 5.10 Å². The van der Waals surface area contributed by atoms with Crippen molar-refractivity contribution >= 4 is 33.9 Å². The lowest BCUT2D eigenvalue weighted by Crippen LogP contribution is -2.23. The van der Waals surface area contributed by atoms with E-state index in [4.69, 9.17) is 9.47 Å². The van der Waals surface area contributed by atoms with Crippen LogP contribution in [0.25, 0.3) is 21.8 Å². The molecule has 0 bridgehead atoms. The summed E-state index contributed by atoms with van der Waals surface area (Å²) in [5, 5.41) is 6.34. The second kappa shape index (κ2) is 8.06. The van der Waals surface area contributed by atoms with Crippen LogP contribution in [-0.4, -0.2) is 30.9 Å². The second-order valence-electron chi connectivity index (χ2n) is 6.53. The van der Waals surface area contributed by atoms with Gasteiger partial charge in [0.2, 0.25) is 0 Å². The second-order valence-corrected chi connectivity index (χ2v) is 6.53. The number of nitrogens with one attached hydrogen (secondary N) is 1. The summed E-state index contributed by atoms with van der Waals surface area (Å²) in [6, 6.07) is 21.6. The fourth-order valence-corrected chi connectivity index (χ4v) is 3.46. The Hall–Kier alpha value is -3.80. The molecule has 0 spiro atoms. The van der Waals surface area contributed by atoms with E-state index in [2.05, 4.69) is 22.7 Å². The molecule has 1 N–H and O–H groups in total. The van der Waals surface area contributed by atoms with Crippen LogP contribution in [0.4, 0.5) is 0 Å². The van der Waals surface area contributed by atoms with E-state index >= 15 is 0 Å². The van der Waals surface area contributed by atoms with Gasteiger partial charge >= 0.3 is 0 Å². The van der Waals surface area contributed by atoms with Crippen LogP contribution in [0.3, 0.4) is 0 Å². The molecule has 29 heavy (non-hydrogen) atoms. The molecule has 0 aliphatic carbocycles. The number of aromatic nitrogens is 1. The van der Waals surface area contributed by atoms with Gasteiger partial charge in [0.15, 0.2) is 11.5 Å². The highest BCUT2D eigenvalue weighted by Gasteiger charge is 2.12. The number of ether oxygens (including phenoxy) is 2. The van der Waals surface area contributed by atoms with Crippen molar-refractivity contribution < 1.29 is 14.3 Å². The number of hydrazone groups is 1. The minimum atomic E-state index is -0.201. The maximum atomic E-state index is 12.5. The number of benzene rings is 3. The summed E-state index contributed by atoms with van der Waals surface area (Å²) < 4.78 is 12.5. The van der Waals surface area contributed by atoms with Crippen molar-refractivity contribution in [3.05, 3.63) is 72.3 Å². The van der Waals surface area contributed by atoms with E-state index in [-0.39, 0.29) is 12.5 Å². The number of hydrogen-bond donors (Lipinski definition) is 1. The zero-order chi connectivity index (χ0) is 20.2. The molecule has 0 radical (unpaired) electrons. The zero-order valence-electron chi connectivity index (χ0n) is 16.3. The van der Waals surface area contributed by atoms with Crippen LogP contribution in [-0.2, 0) is 11.3 Å². The Morgan fingerprint density at radius 2 is 1.55 bits per heavy atom. The van der Waals surface area contributed by atoms with Crippen LogP contribution in [0.1, 0.15) is 5.56 Å². The third kappa shape index (κ3) is 3.65. The highest BCUT2D eigenvalue weighted by molar-refractivity contribution is 6.08. The Morgan fingerprint density at radius 1 is 0.931 bits per heavy atom. The summed E-state index contributed by atoms with van der Waals surface area (Å²) in [7, 11) is 3.16. The summed E-state index contributed by atoms with van der Waals surface area (Å²) in [6.07, 6.45) is 1.58. The Kier molecular flexibility index (Phi) is 5.16. The van der Waals surface area contributed by atoms with Crippen LogP contribution in [0, 0.1) is 0 Å². The number of nitrogens with zero attached hydrogens (tertiary/aromatic N) is 2. The molecule has 1 amide bonds. The van der Waals surface area contributed by atoms with Gasteiger partial charge in [-0.2, -0.15) is 5.10 Å². The molecule has 0 atom stereocenters. The standard InChI is InChI=1S/C23H21N3O3/c1-28-21-12-11-16(13-22(21)29-2)14-24-25-23(27)15-26-19-9-5-3-7-17(19)18-8-4-6-10-20(18)26/h3-14H,15H2,1-2H3,(H,25,27). The predicted molar refractivity (Wildman–Crippen MR) is 115 cm³/mol. The van der Waals surface area contributed by atoms with Crippen LogP contribution in [0.5, 0.6) is 11.5 Å². The number of hydrogen-bond acceptors (Lipinski definition) is 4. The lowest BCUT2D eigenvalue weighted by Gasteiger charge is -2.08. The Balaban J connectivity index is 1.53. The molecule has 0 aliphatic rings. The zero-order valence-corrected chi connectivity index (χ0v) is 16.3. The first-order chi connectivity index (χ1) is 14.2. The third-order valence-electron chi connectivity index (χ3n) is 4.79. The van der Waals surface area contributed by atoms with Gasteiger partial charge in [-0.1, -0.05) is 36.4 Å². The number of carbonyl (C=O) groups excluding carboxylic acids is 1. The number of fused-ring (bicyclic) bond motifs is 3. The molecule has 0 fully saturated rings. The third-order valence-corrected chi connectivity index (χ3v) is 4.79. The van der Waals surface area contributed by atoms with Crippen molar-refractivity contribution in [2.75, 3.05) is 14.2 Å². The Bertz CT molecular complexity index is 1160. The van der Waals surface area contributed by atoms with Gasteiger partial charge < -0.3 is 14.0 Å². The highest BCUT2D eigenvalue weighted by atomic mass is 16.5. The SMILES string of the molecule is COc1ccc(C=NNC(=O)Cn2c3ccccc3c3ccccc32)cc1OC. The van der Waals surface area contributed by atoms with Crippen molar-refractivity contribution in [3.63, 3.8) is 0 Å². The molecule has 0 unspecified atom stereocenters. The normalized spacial score (nSPS) is 11.2. The van der Waals surface area contributed by atoms with E-state index in [1.807, 2.05) is 47.0 Å². The van der Waals surface area contributed by atoms with E-state index in [0.29, 0.717) is 11.5 Å². The van der Waals surface area contributed by atoms with Crippen LogP contribution < -0.4 is 14.9 Å². The minimum absolute atomic E-state index is 0.178. The Labute approximate surface area is 168 Å². The summed E-state index contributed by atoms with van der Waals surface area (Å²) in [5.41, 5.74) is 5.44. The smallest absolute Gasteiger partial charge is 0.260 e. The molecule has 0 saturated heterocycles. The fourth-order valence-electron chi connectivity index (χ4n) is 3.46. The molecule has 1 aromatic heterocycles. The maximum absolute atomic E-state index is 12.5. The Morgan fingerprint density at radius 3 is 2.17 bits per heavy atom. The van der Waals surface area contributed by atoms with E-state index in [1.165, 1.54) is 0 Å². The van der Waals surface area contributed by atoms with Crippen LogP contribution >= 0.6 is 0 Å². The van der Waals surface area contributed by atoms with Crippen LogP contribution in [0.2, 0.25) is 0 Å². The van der Waals surface area contributed by atoms with Crippen LogP contribution in [0.15, 0.2) is 71.8 Å². The van der Waals surface area contributed by atoms with E-state index in [1.54, 1.807) is 32.6 Å². The summed E-state index contributed by atoms with van der Waals surface area (Å²) in [5.74, 6) is 1.04. The summed E-state index contributed by atoms with van der Waals surface area (Å²) in [4.78, 5) is 12.5. The molecule has 6 nitrogen and oxygen atoms in total. The number of rotatable bonds is 6. The van der Waals surface area contributed by atoms with Crippen molar-refractivity contribution in [1.29, 1.82) is 0 Å². The molecule has 1 heterocycles. The molecule has 0 saturated carbocycles. The van der Waals surface area contributed by atoms with Gasteiger partial charge in [-0.3, -0.25) is 4.79 Å². The van der Waals surface area contributed by atoms with Gasteiger partial charge in [0, 0.05) is 21.8 Å². The van der Waals surface area contributed by atoms with Crippen molar-refractivity contribution in [3.8, 4) is 11.5 Å². The van der Waals surface area contributed by atoms with Crippen molar-refractivity contribution in [2.45, 2.75) is 6.54 Å². The van der Waals surface area contributed by atoms with Gasteiger partial charge in [-0.15, -0.1) is 0 Å². The van der Waals surface area contributed by atoms with Gasteiger partial charge in [-0.05, 0) is 35.9 Å². The monoisotopic (exact) mass is 387 g/mol. The molecule has 4 aromatic rings. The lowest BCUT2D eigenvalue weighted by molar-refractivity contribution is -0.121. The van der Waals surface area contributed by atoms with Gasteiger partial charge in [0.1, 0.15) is 6.54 Å². The molecular formula is C23H21N3O3. The largest absolute Gasteiger partial charge is 0.493 e. The number of methoxy groups -OCH3 is 2. The molecule has 146 valence electrons. The molecule has 0 aliphatic heterocycles. The molecule has 4 rings (SSSR count). The van der Waals surface area contributed by atoms with Gasteiger partial charge in [-0.25, -0.2) is 5.43 Å². The number of para-hydroxylation sites is 2. The average molecular weight is 387 g/mol. The first-order valence-electron chi connectivity index (χ1n) is 9.21. The molecule has 3 aromatic carbocycles. The first kappa shape index (κ1) is 18.6. The van der Waals surface area contributed by atoms with E-state index in [0.717, 1.165) is 27.4 Å². The van der Waals surface area contributed by atoms with E-state index < -0.39 is 0 Å². The maximum Gasteiger partial charge on any atom is 0.260 e. The first-order valence-corrected chi connectivity index (χ1v) is 9.21. The highest BCUT2D eigenvalue weighted by Crippen LogP contribution is 2.28. The molecule has 6 heteroatoms. The summed E-state index contributed by atoms with van der Waals surface area (Å²) in [6.45, 7) is 0.178. The topological polar surface area (TPSA) is 64.8 Å². The number of amides is 1. The molecular weight excluding hydrogens is 366 g/mol. The number of carbonyl (C=O) groups is 1. The van der Waals surface area contributed by atoms with Crippen molar-refractivity contribution in [1.82, 2.24) is 9.99 Å². The quantitative estimate of drug-likeness (QED) is 0.402. The average Bonchev–Trinajstić information content (AvgIpc) is 3.07. The van der Waals surface area contributed by atoms with E-state index in [9.17, 15) is 4.79 Å². The minimum Gasteiger partial charge on any atom is -0.493 e. The fraction of sp³-hybridized carbons (Fsp3) is 0.130. The van der Waals surface area contributed by atoms with Gasteiger partial charge in [0.05, 0.1) is 20.4 Å². The van der Waals surface area contributed by atoms with Gasteiger partial charge in [0.25, 0.3) is 5.91 Å².